The topological polar surface area (TPSA) is 255 Å². The molecule has 5 aromatic rings. The summed E-state index contributed by atoms with van der Waals surface area (Å²) in [5.41, 5.74) is 16.3. The number of nitrogens with one attached hydrogen (secondary N) is 2. The van der Waals surface area contributed by atoms with E-state index in [-0.39, 0.29) is 42.3 Å². The van der Waals surface area contributed by atoms with Crippen molar-refractivity contribution in [3.63, 3.8) is 0 Å². The van der Waals surface area contributed by atoms with Crippen LogP contribution in [0.25, 0.3) is 10.9 Å². The molecule has 2 saturated heterocycles. The maximum Gasteiger partial charge on any atom is 0.248 e. The first-order valence-electron chi connectivity index (χ1n) is 26.0. The van der Waals surface area contributed by atoms with Gasteiger partial charge in [-0.1, -0.05) is 88.9 Å². The van der Waals surface area contributed by atoms with Crippen LogP contribution in [0.1, 0.15) is 102 Å². The Bertz CT molecular complexity index is 2510. The van der Waals surface area contributed by atoms with Gasteiger partial charge in [-0.15, -0.1) is 16.6 Å². The van der Waals surface area contributed by atoms with Gasteiger partial charge in [0.1, 0.15) is 18.7 Å². The Kier molecular flexibility index (Phi) is 19.9. The molecule has 6 N–H and O–H groups in total. The number of terminal acetylenes is 1. The molecule has 1 unspecified atom stereocenters. The van der Waals surface area contributed by atoms with E-state index < -0.39 is 12.1 Å². The fraction of sp³-hybridized carbons (Fsp3) is 0.627. The van der Waals surface area contributed by atoms with Crippen LogP contribution in [-0.4, -0.2) is 170 Å². The second-order valence-electron chi connectivity index (χ2n) is 19.6. The van der Waals surface area contributed by atoms with Crippen LogP contribution in [-0.2, 0) is 30.2 Å². The largest absolute Gasteiger partial charge is 0.377 e. The monoisotopic (exact) mass is 1010 g/mol. The van der Waals surface area contributed by atoms with Crippen LogP contribution in [0.2, 0.25) is 0 Å². The molecule has 2 aliphatic heterocycles. The van der Waals surface area contributed by atoms with E-state index in [0.717, 1.165) is 35.9 Å². The number of hydrogen-bond donors (Lipinski definition) is 4. The number of nitrogens with zero attached hydrogens (tertiary/aromatic N) is 13. The molecule has 0 spiro atoms. The number of ether oxygens (including phenoxy) is 3. The van der Waals surface area contributed by atoms with Crippen molar-refractivity contribution in [2.45, 2.75) is 91.4 Å². The van der Waals surface area contributed by atoms with E-state index in [1.165, 1.54) is 0 Å². The molecular formula is C51H77N17O5. The molecule has 0 saturated carbocycles. The zero-order valence-electron chi connectivity index (χ0n) is 43.6. The number of amides is 2. The third kappa shape index (κ3) is 14.5. The van der Waals surface area contributed by atoms with Crippen molar-refractivity contribution in [3.8, 4) is 12.3 Å². The molecule has 73 heavy (non-hydrogen) atoms. The molecule has 4 aromatic heterocycles. The molecule has 0 aliphatic carbocycles. The van der Waals surface area contributed by atoms with Crippen LogP contribution in [0.5, 0.6) is 0 Å². The number of para-hydroxylation sites is 1. The number of carbonyl (C=O) groups excluding carboxylic acids is 2. The molecule has 7 rings (SSSR count). The first-order chi connectivity index (χ1) is 35.4. The van der Waals surface area contributed by atoms with E-state index in [1.807, 2.05) is 40.4 Å². The summed E-state index contributed by atoms with van der Waals surface area (Å²) in [6.45, 7) is 19.1. The molecule has 2 fully saturated rings. The zero-order chi connectivity index (χ0) is 51.9. The number of rotatable bonds is 27. The highest BCUT2D eigenvalue weighted by Gasteiger charge is 2.35. The summed E-state index contributed by atoms with van der Waals surface area (Å²) in [6, 6.07) is 8.44. The summed E-state index contributed by atoms with van der Waals surface area (Å²) in [4.78, 5) is 55.3. The smallest absolute Gasteiger partial charge is 0.248 e. The van der Waals surface area contributed by atoms with Gasteiger partial charge in [0.15, 0.2) is 0 Å². The fourth-order valence-corrected chi connectivity index (χ4v) is 9.13. The minimum atomic E-state index is -0.654. The zero-order valence-corrected chi connectivity index (χ0v) is 43.6. The first kappa shape index (κ1) is 54.5. The summed E-state index contributed by atoms with van der Waals surface area (Å²) in [5, 5.41) is 22.2. The minimum Gasteiger partial charge on any atom is -0.377 e. The van der Waals surface area contributed by atoms with Crippen molar-refractivity contribution >= 4 is 40.6 Å². The predicted octanol–water partition coefficient (Wildman–Crippen LogP) is 3.79. The minimum absolute atomic E-state index is 0.000824. The van der Waals surface area contributed by atoms with Gasteiger partial charge in [-0.2, -0.15) is 15.0 Å². The Balaban J connectivity index is 1.04. The molecule has 396 valence electrons. The van der Waals surface area contributed by atoms with E-state index in [0.29, 0.717) is 134 Å². The third-order valence-corrected chi connectivity index (χ3v) is 13.9. The normalized spacial score (nSPS) is 16.9. The Morgan fingerprint density at radius 1 is 0.753 bits per heavy atom. The highest BCUT2D eigenvalue weighted by atomic mass is 16.5. The van der Waals surface area contributed by atoms with Crippen molar-refractivity contribution in [1.82, 2.24) is 59.7 Å². The van der Waals surface area contributed by atoms with Crippen LogP contribution < -0.4 is 26.6 Å². The summed E-state index contributed by atoms with van der Waals surface area (Å²) in [5.74, 6) is 4.37. The number of H-pyrrole nitrogens is 1. The van der Waals surface area contributed by atoms with Crippen molar-refractivity contribution in [2.24, 2.45) is 29.2 Å². The van der Waals surface area contributed by atoms with E-state index in [2.05, 4.69) is 100 Å². The van der Waals surface area contributed by atoms with Crippen LogP contribution in [0.15, 0.2) is 42.7 Å². The number of benzene rings is 1. The highest BCUT2D eigenvalue weighted by molar-refractivity contribution is 5.83. The van der Waals surface area contributed by atoms with Crippen LogP contribution >= 0.6 is 0 Å². The van der Waals surface area contributed by atoms with E-state index in [4.69, 9.17) is 47.1 Å². The molecule has 0 bridgehead atoms. The molecular weight excluding hydrogens is 931 g/mol. The number of nitrogens with two attached hydrogens (primary N) is 2. The van der Waals surface area contributed by atoms with Crippen LogP contribution in [0.3, 0.4) is 0 Å². The number of carbonyl (C=O) groups is 2. The summed E-state index contributed by atoms with van der Waals surface area (Å²) >= 11 is 0. The van der Waals surface area contributed by atoms with Gasteiger partial charge in [-0.25, -0.2) is 9.36 Å². The lowest BCUT2D eigenvalue weighted by atomic mass is 9.97. The van der Waals surface area contributed by atoms with Crippen molar-refractivity contribution in [1.29, 1.82) is 0 Å². The van der Waals surface area contributed by atoms with E-state index in [9.17, 15) is 9.59 Å². The number of aromatic amines is 1. The first-order valence-corrected chi connectivity index (χ1v) is 26.0. The van der Waals surface area contributed by atoms with Gasteiger partial charge >= 0.3 is 0 Å². The molecule has 22 heteroatoms. The van der Waals surface area contributed by atoms with Gasteiger partial charge in [-0.05, 0) is 41.7 Å². The number of fused-ring (bicyclic) bond motifs is 1. The van der Waals surface area contributed by atoms with Gasteiger partial charge < -0.3 is 55.6 Å². The molecule has 2 amide bonds. The number of aromatic nitrogens is 10. The van der Waals surface area contributed by atoms with E-state index in [1.54, 1.807) is 9.36 Å². The van der Waals surface area contributed by atoms with Gasteiger partial charge in [0.25, 0.3) is 0 Å². The molecule has 6 heterocycles. The van der Waals surface area contributed by atoms with Crippen LogP contribution in [0.4, 0.5) is 17.8 Å². The van der Waals surface area contributed by atoms with Crippen molar-refractivity contribution < 1.29 is 23.8 Å². The Hall–Kier alpha value is -6.25. The van der Waals surface area contributed by atoms with Gasteiger partial charge in [0.05, 0.1) is 68.9 Å². The maximum absolute atomic E-state index is 14.7. The standard InChI is InChI=1S/C51H77N17O5/c1-8-24-71-26-28-73-29-27-72-25-15-54-49-56-50(58-51(57-49)66-22-18-64(19-23-66)48(70)46(37(7)10-3)68-33-42(59-62-68)40(52)30-35(4)5)65-20-16-63(17-21-65)47(69)44(32-39-31-38-13-11-12-14-41(38)55-39)67-34-43(60-61-67)45(53)36(6)9-2/h1,11-14,31,33-37,40,44-46,55H,9-10,15-30,32,52-53H2,2-7H3,(H,54,56,57,58)/t36?,37-,40-,44-,45-,46-/m0/s1. The maximum atomic E-state index is 14.7. The fourth-order valence-electron chi connectivity index (χ4n) is 9.13. The lowest BCUT2D eigenvalue weighted by Crippen LogP contribution is -2.52. The van der Waals surface area contributed by atoms with Crippen molar-refractivity contribution in [2.75, 3.05) is 114 Å². The van der Waals surface area contributed by atoms with Gasteiger partial charge in [0, 0.05) is 76.5 Å². The number of anilines is 3. The quantitative estimate of drug-likeness (QED) is 0.0431. The third-order valence-electron chi connectivity index (χ3n) is 13.9. The van der Waals surface area contributed by atoms with Crippen LogP contribution in [0, 0.1) is 30.1 Å². The summed E-state index contributed by atoms with van der Waals surface area (Å²) < 4.78 is 20.0. The van der Waals surface area contributed by atoms with Crippen molar-refractivity contribution in [3.05, 3.63) is 59.8 Å². The molecule has 1 aromatic carbocycles. The summed E-state index contributed by atoms with van der Waals surface area (Å²) in [7, 11) is 0. The molecule has 2 aliphatic rings. The van der Waals surface area contributed by atoms with Gasteiger partial charge in [-0.3, -0.25) is 9.59 Å². The number of piperazine rings is 2. The SMILES string of the molecule is C#CCOCCOCCOCCNc1nc(N2CCN(C(=O)[C@H]([C@@H](C)CC)n3cc([C@@H](N)CC(C)C)nn3)CC2)nc(N2CCN(C(=O)[C@H](Cc3cc4ccccc4[nH]3)n3cc([C@@H](N)C(C)CC)nn3)CC2)n1. The second-order valence-corrected chi connectivity index (χ2v) is 19.6. The van der Waals surface area contributed by atoms with Gasteiger partial charge in [0.2, 0.25) is 29.7 Å². The molecule has 6 atom stereocenters. The number of hydrogen-bond acceptors (Lipinski definition) is 17. The molecule has 0 radical (unpaired) electrons. The lowest BCUT2D eigenvalue weighted by molar-refractivity contribution is -0.137. The highest BCUT2D eigenvalue weighted by Crippen LogP contribution is 2.29. The summed E-state index contributed by atoms with van der Waals surface area (Å²) in [6.07, 6.45) is 11.8. The Morgan fingerprint density at radius 2 is 1.34 bits per heavy atom. The average Bonchev–Trinajstić information content (AvgIpc) is 4.20. The molecule has 22 nitrogen and oxygen atoms in total. The predicted molar refractivity (Wildman–Crippen MR) is 280 cm³/mol. The van der Waals surface area contributed by atoms with E-state index >= 15 is 0 Å². The average molecular weight is 1010 g/mol. The Labute approximate surface area is 429 Å². The second kappa shape index (κ2) is 26.6. The lowest BCUT2D eigenvalue weighted by Gasteiger charge is -2.38. The Morgan fingerprint density at radius 3 is 1.97 bits per heavy atom.